The monoisotopic (exact) mass is 633 g/mol. The standard InChI is InChI=1S/C21H43NO2.C15H31NO2.O2/c1-5-6-7-8-9-10-11-12-13-14-15-16-17-18-19-20(21(23)24)22(2,3)4;1-5-6-7-8-9-10-11-12-13-14(15(17)18)16(2,3)4;1-2/h20H,5-19H2,1-4H3;14H,5-13H2,1-4H3;/q;;-2/p+2. The largest absolute Gasteiger partial charge is 1.00 e. The highest BCUT2D eigenvalue weighted by atomic mass is 17.0. The molecule has 0 bridgehead atoms. The zero-order valence-electron chi connectivity index (χ0n) is 30.5. The molecule has 0 spiro atoms. The summed E-state index contributed by atoms with van der Waals surface area (Å²) >= 11 is 0. The third-order valence-corrected chi connectivity index (χ3v) is 8.60. The van der Waals surface area contributed by atoms with Crippen molar-refractivity contribution in [2.45, 2.75) is 180 Å². The Kier molecular flexibility index (Phi) is 34.1. The first kappa shape index (κ1) is 47.2. The first-order valence-electron chi connectivity index (χ1n) is 18.0. The van der Waals surface area contributed by atoms with Crippen LogP contribution in [0.25, 0.3) is 0 Å². The lowest BCUT2D eigenvalue weighted by atomic mass is 10.0. The molecule has 0 aromatic rings. The molecule has 0 rings (SSSR count). The van der Waals surface area contributed by atoms with Gasteiger partial charge in [-0.3, -0.25) is 0 Å². The van der Waals surface area contributed by atoms with Gasteiger partial charge in [0.1, 0.15) is 0 Å². The summed E-state index contributed by atoms with van der Waals surface area (Å²) in [6.07, 6.45) is 30.5. The fraction of sp³-hybridized carbons (Fsp3) is 0.944. The van der Waals surface area contributed by atoms with Crippen molar-refractivity contribution >= 4 is 11.9 Å². The van der Waals surface area contributed by atoms with Gasteiger partial charge in [-0.1, -0.05) is 142 Å². The predicted molar refractivity (Wildman–Crippen MR) is 181 cm³/mol. The van der Waals surface area contributed by atoms with E-state index in [9.17, 15) is 19.8 Å². The van der Waals surface area contributed by atoms with Crippen LogP contribution in [0.5, 0.6) is 0 Å². The van der Waals surface area contributed by atoms with Crippen LogP contribution in [0.3, 0.4) is 0 Å². The first-order valence-corrected chi connectivity index (χ1v) is 18.0. The molecule has 0 fully saturated rings. The number of aliphatic carboxylic acids is 2. The van der Waals surface area contributed by atoms with Crippen LogP contribution in [-0.4, -0.2) is 85.5 Å². The maximum atomic E-state index is 11.3. The van der Waals surface area contributed by atoms with Gasteiger partial charge in [-0.25, -0.2) is 9.59 Å². The summed E-state index contributed by atoms with van der Waals surface area (Å²) in [6, 6.07) is -0.521. The van der Waals surface area contributed by atoms with E-state index in [2.05, 4.69) is 13.8 Å². The third kappa shape index (κ3) is 32.2. The predicted octanol–water partition coefficient (Wildman–Crippen LogP) is 7.32. The van der Waals surface area contributed by atoms with E-state index in [1.54, 1.807) is 0 Å². The van der Waals surface area contributed by atoms with Crippen LogP contribution in [0.2, 0.25) is 0 Å². The van der Waals surface area contributed by atoms with E-state index in [0.717, 1.165) is 25.7 Å². The summed E-state index contributed by atoms with van der Waals surface area (Å²) < 4.78 is 1.04. The minimum absolute atomic E-state index is 0.259. The summed E-state index contributed by atoms with van der Waals surface area (Å²) in [4.78, 5) is 22.5. The third-order valence-electron chi connectivity index (χ3n) is 8.60. The second-order valence-corrected chi connectivity index (χ2v) is 14.6. The normalized spacial score (nSPS) is 12.9. The number of carbonyl (C=O) groups is 2. The summed E-state index contributed by atoms with van der Waals surface area (Å²) in [7, 11) is 11.8. The van der Waals surface area contributed by atoms with Crippen LogP contribution >= 0.6 is 0 Å². The number of carboxylic acid groups (broad SMARTS) is 2. The van der Waals surface area contributed by atoms with Crippen molar-refractivity contribution in [3.05, 3.63) is 0 Å². The van der Waals surface area contributed by atoms with Crippen LogP contribution in [0, 0.1) is 0 Å². The molecule has 0 radical (unpaired) electrons. The van der Waals surface area contributed by atoms with Gasteiger partial charge in [0.15, 0.2) is 12.1 Å². The van der Waals surface area contributed by atoms with Gasteiger partial charge in [-0.05, 0) is 12.8 Å². The molecule has 2 atom stereocenters. The zero-order chi connectivity index (χ0) is 34.3. The summed E-state index contributed by atoms with van der Waals surface area (Å²) in [5.41, 5.74) is 0. The molecule has 266 valence electrons. The van der Waals surface area contributed by atoms with Crippen molar-refractivity contribution in [3.8, 4) is 0 Å². The Bertz CT molecular complexity index is 631. The number of hydrogen-bond donors (Lipinski definition) is 2. The van der Waals surface area contributed by atoms with E-state index in [1.165, 1.54) is 128 Å². The van der Waals surface area contributed by atoms with Crippen LogP contribution in [0.15, 0.2) is 0 Å². The Hall–Kier alpha value is -1.22. The first-order chi connectivity index (χ1) is 20.8. The molecule has 0 heterocycles. The highest BCUT2D eigenvalue weighted by molar-refractivity contribution is 5.72. The van der Waals surface area contributed by atoms with Gasteiger partial charge in [0.25, 0.3) is 0 Å². The van der Waals surface area contributed by atoms with Crippen molar-refractivity contribution in [2.75, 3.05) is 42.3 Å². The van der Waals surface area contributed by atoms with Gasteiger partial charge in [0, 0.05) is 12.8 Å². The molecule has 44 heavy (non-hydrogen) atoms. The lowest BCUT2D eigenvalue weighted by molar-refractivity contribution is -1.00. The Morgan fingerprint density at radius 1 is 0.432 bits per heavy atom. The van der Waals surface area contributed by atoms with Crippen LogP contribution in [0.4, 0.5) is 0 Å². The zero-order valence-corrected chi connectivity index (χ0v) is 30.5. The molecular formula is C36H76N2O6. The highest BCUT2D eigenvalue weighted by Gasteiger charge is 2.31. The molecule has 0 aliphatic rings. The SMILES string of the molecule is CCCCCCCCCCC(C(=O)O)[N+](C)(C)C.CCCCCCCCCCCCCCCCC(C(=O)O)[N+](C)(C)C.[O-][O-]. The molecule has 2 N–H and O–H groups in total. The number of rotatable bonds is 28. The van der Waals surface area contributed by atoms with Crippen LogP contribution in [0.1, 0.15) is 168 Å². The van der Waals surface area contributed by atoms with E-state index in [4.69, 9.17) is 10.5 Å². The molecular weight excluding hydrogens is 556 g/mol. The minimum atomic E-state index is -0.662. The lowest BCUT2D eigenvalue weighted by Gasteiger charge is -2.31. The molecule has 2 unspecified atom stereocenters. The maximum absolute atomic E-state index is 11.3. The van der Waals surface area contributed by atoms with Crippen molar-refractivity contribution < 1.29 is 39.3 Å². The Morgan fingerprint density at radius 2 is 0.614 bits per heavy atom. The molecule has 0 aliphatic heterocycles. The van der Waals surface area contributed by atoms with E-state index in [0.29, 0.717) is 8.97 Å². The van der Waals surface area contributed by atoms with Crippen molar-refractivity contribution in [1.82, 2.24) is 0 Å². The molecule has 0 aromatic heterocycles. The Morgan fingerprint density at radius 3 is 0.773 bits per heavy atom. The summed E-state index contributed by atoms with van der Waals surface area (Å²) in [6.45, 7) is 4.51. The molecule has 0 saturated heterocycles. The van der Waals surface area contributed by atoms with E-state index < -0.39 is 11.9 Å². The average Bonchev–Trinajstić information content (AvgIpc) is 2.94. The highest BCUT2D eigenvalue weighted by Crippen LogP contribution is 2.17. The average molecular weight is 633 g/mol. The van der Waals surface area contributed by atoms with Crippen molar-refractivity contribution in [3.63, 3.8) is 0 Å². The molecule has 8 nitrogen and oxygen atoms in total. The number of quaternary nitrogens is 2. The number of likely N-dealkylation sites (N-methyl/N-ethyl adjacent to an activating group) is 2. The number of carboxylic acids is 2. The van der Waals surface area contributed by atoms with Crippen LogP contribution in [-0.2, 0) is 9.59 Å². The minimum Gasteiger partial charge on any atom is -1.00 e. The topological polar surface area (TPSA) is 121 Å². The Balaban J connectivity index is -0.000000749. The van der Waals surface area contributed by atoms with Crippen LogP contribution < -0.4 is 10.5 Å². The molecule has 0 aromatic carbocycles. The van der Waals surface area contributed by atoms with Gasteiger partial charge in [-0.15, -0.1) is 0 Å². The fourth-order valence-electron chi connectivity index (χ4n) is 5.69. The van der Waals surface area contributed by atoms with Crippen molar-refractivity contribution in [1.29, 1.82) is 0 Å². The van der Waals surface area contributed by atoms with E-state index >= 15 is 0 Å². The number of nitrogens with zero attached hydrogens (tertiary/aromatic N) is 2. The van der Waals surface area contributed by atoms with E-state index in [-0.39, 0.29) is 12.1 Å². The fourth-order valence-corrected chi connectivity index (χ4v) is 5.69. The quantitative estimate of drug-likeness (QED) is 0.0404. The van der Waals surface area contributed by atoms with Gasteiger partial charge >= 0.3 is 11.9 Å². The lowest BCUT2D eigenvalue weighted by Crippen LogP contribution is -2.49. The van der Waals surface area contributed by atoms with Gasteiger partial charge < -0.3 is 29.7 Å². The molecule has 8 heteroatoms. The van der Waals surface area contributed by atoms with Gasteiger partial charge in [0.2, 0.25) is 0 Å². The molecule has 0 amide bonds. The second-order valence-electron chi connectivity index (χ2n) is 14.6. The summed E-state index contributed by atoms with van der Waals surface area (Å²) in [5, 5.41) is 32.5. The number of unbranched alkanes of at least 4 members (excludes halogenated alkanes) is 20. The van der Waals surface area contributed by atoms with Gasteiger partial charge in [-0.2, -0.15) is 0 Å². The maximum Gasteiger partial charge on any atom is 0.362 e. The Labute approximate surface area is 273 Å². The van der Waals surface area contributed by atoms with Gasteiger partial charge in [0.05, 0.1) is 42.3 Å². The van der Waals surface area contributed by atoms with E-state index in [1.807, 2.05) is 42.3 Å². The smallest absolute Gasteiger partial charge is 0.362 e. The van der Waals surface area contributed by atoms with Crippen molar-refractivity contribution in [2.24, 2.45) is 0 Å². The summed E-state index contributed by atoms with van der Waals surface area (Å²) in [5.74, 6) is -1.32. The number of hydrogen-bond acceptors (Lipinski definition) is 4. The second kappa shape index (κ2) is 31.7. The molecule has 0 aliphatic carbocycles. The molecule has 0 saturated carbocycles.